The SMILES string of the molecule is CCOc1ccc(CCNc2ncnc3c2c(C)c(C)n3CCO)cc1OCC. The topological polar surface area (TPSA) is 81.4 Å². The second-order valence-electron chi connectivity index (χ2n) is 6.83. The maximum atomic E-state index is 9.36. The van der Waals surface area contributed by atoms with Gasteiger partial charge in [-0.05, 0) is 57.4 Å². The molecule has 3 rings (SSSR count). The van der Waals surface area contributed by atoms with E-state index in [1.807, 2.05) is 37.5 Å². The molecule has 3 aromatic rings. The lowest BCUT2D eigenvalue weighted by Gasteiger charge is -2.13. The first-order valence-corrected chi connectivity index (χ1v) is 10.1. The number of rotatable bonds is 10. The van der Waals surface area contributed by atoms with Crippen LogP contribution in [0.4, 0.5) is 5.82 Å². The number of aryl methyl sites for hydroxylation is 1. The molecule has 0 spiro atoms. The van der Waals surface area contributed by atoms with E-state index in [2.05, 4.69) is 28.3 Å². The number of anilines is 1. The molecule has 0 aliphatic heterocycles. The number of nitrogens with one attached hydrogen (secondary N) is 1. The maximum absolute atomic E-state index is 9.36. The Labute approximate surface area is 171 Å². The molecule has 0 aliphatic rings. The van der Waals surface area contributed by atoms with E-state index in [0.29, 0.717) is 19.8 Å². The molecule has 2 aromatic heterocycles. The largest absolute Gasteiger partial charge is 0.490 e. The molecule has 7 nitrogen and oxygen atoms in total. The van der Waals surface area contributed by atoms with E-state index in [9.17, 15) is 5.11 Å². The number of benzene rings is 1. The van der Waals surface area contributed by atoms with Gasteiger partial charge in [0.15, 0.2) is 11.5 Å². The number of fused-ring (bicyclic) bond motifs is 1. The fourth-order valence-electron chi connectivity index (χ4n) is 3.55. The van der Waals surface area contributed by atoms with E-state index >= 15 is 0 Å². The number of aromatic nitrogens is 3. The minimum Gasteiger partial charge on any atom is -0.490 e. The van der Waals surface area contributed by atoms with Gasteiger partial charge in [-0.1, -0.05) is 6.07 Å². The quantitative estimate of drug-likeness (QED) is 0.544. The van der Waals surface area contributed by atoms with Gasteiger partial charge in [0, 0.05) is 18.8 Å². The summed E-state index contributed by atoms with van der Waals surface area (Å²) < 4.78 is 13.4. The Morgan fingerprint density at radius 1 is 1.07 bits per heavy atom. The maximum Gasteiger partial charge on any atom is 0.161 e. The van der Waals surface area contributed by atoms with Gasteiger partial charge < -0.3 is 24.5 Å². The Morgan fingerprint density at radius 2 is 1.83 bits per heavy atom. The first-order valence-electron chi connectivity index (χ1n) is 10.1. The zero-order chi connectivity index (χ0) is 20.8. The third kappa shape index (κ3) is 4.45. The van der Waals surface area contributed by atoms with Crippen LogP contribution in [0.15, 0.2) is 24.5 Å². The molecule has 0 aliphatic carbocycles. The van der Waals surface area contributed by atoms with Gasteiger partial charge in [-0.2, -0.15) is 0 Å². The van der Waals surface area contributed by atoms with Crippen molar-refractivity contribution in [2.45, 2.75) is 40.7 Å². The lowest BCUT2D eigenvalue weighted by atomic mass is 10.1. The van der Waals surface area contributed by atoms with Gasteiger partial charge in [0.1, 0.15) is 17.8 Å². The Balaban J connectivity index is 1.76. The molecule has 2 heterocycles. The minimum absolute atomic E-state index is 0.0801. The van der Waals surface area contributed by atoms with Gasteiger partial charge in [-0.15, -0.1) is 0 Å². The summed E-state index contributed by atoms with van der Waals surface area (Å²) in [5.74, 6) is 2.38. The van der Waals surface area contributed by atoms with Crippen LogP contribution in [0.1, 0.15) is 30.7 Å². The first-order chi connectivity index (χ1) is 14.1. The summed E-state index contributed by atoms with van der Waals surface area (Å²) in [5.41, 5.74) is 4.26. The van der Waals surface area contributed by atoms with Gasteiger partial charge in [-0.25, -0.2) is 9.97 Å². The van der Waals surface area contributed by atoms with Crippen molar-refractivity contribution in [3.05, 3.63) is 41.3 Å². The second kappa shape index (κ2) is 9.60. The standard InChI is InChI=1S/C22H30N4O3/c1-5-28-18-8-7-17(13-19(18)29-6-2)9-10-23-21-20-15(3)16(4)26(11-12-27)22(20)25-14-24-21/h7-8,13-14,27H,5-6,9-12H2,1-4H3,(H,23,24,25). The molecule has 7 heteroatoms. The Morgan fingerprint density at radius 3 is 2.55 bits per heavy atom. The highest BCUT2D eigenvalue weighted by atomic mass is 16.5. The molecule has 0 bridgehead atoms. The summed E-state index contributed by atoms with van der Waals surface area (Å²) in [6, 6.07) is 6.08. The highest BCUT2D eigenvalue weighted by Crippen LogP contribution is 2.30. The summed E-state index contributed by atoms with van der Waals surface area (Å²) in [5, 5.41) is 13.8. The van der Waals surface area contributed by atoms with Crippen LogP contribution in [0.5, 0.6) is 11.5 Å². The number of aliphatic hydroxyl groups excluding tert-OH is 1. The van der Waals surface area contributed by atoms with Crippen molar-refractivity contribution in [1.82, 2.24) is 14.5 Å². The van der Waals surface area contributed by atoms with E-state index in [1.54, 1.807) is 6.33 Å². The summed E-state index contributed by atoms with van der Waals surface area (Å²) in [4.78, 5) is 8.89. The molecule has 156 valence electrons. The highest BCUT2D eigenvalue weighted by Gasteiger charge is 2.16. The van der Waals surface area contributed by atoms with Crippen molar-refractivity contribution in [3.63, 3.8) is 0 Å². The highest BCUT2D eigenvalue weighted by molar-refractivity contribution is 5.91. The summed E-state index contributed by atoms with van der Waals surface area (Å²) >= 11 is 0. The molecule has 0 radical (unpaired) electrons. The van der Waals surface area contributed by atoms with Crippen LogP contribution in [0.25, 0.3) is 11.0 Å². The van der Waals surface area contributed by atoms with Crippen molar-refractivity contribution < 1.29 is 14.6 Å². The summed E-state index contributed by atoms with van der Waals surface area (Å²) in [7, 11) is 0. The predicted molar refractivity (Wildman–Crippen MR) is 115 cm³/mol. The van der Waals surface area contributed by atoms with Crippen LogP contribution in [-0.2, 0) is 13.0 Å². The van der Waals surface area contributed by atoms with Crippen molar-refractivity contribution in [2.75, 3.05) is 31.7 Å². The number of hydrogen-bond donors (Lipinski definition) is 2. The van der Waals surface area contributed by atoms with Crippen molar-refractivity contribution >= 4 is 16.9 Å². The molecule has 0 unspecified atom stereocenters. The zero-order valence-corrected chi connectivity index (χ0v) is 17.7. The molecule has 0 fully saturated rings. The van der Waals surface area contributed by atoms with Gasteiger partial charge in [0.2, 0.25) is 0 Å². The van der Waals surface area contributed by atoms with Gasteiger partial charge >= 0.3 is 0 Å². The van der Waals surface area contributed by atoms with Crippen LogP contribution >= 0.6 is 0 Å². The third-order valence-corrected chi connectivity index (χ3v) is 5.04. The van der Waals surface area contributed by atoms with E-state index in [4.69, 9.17) is 9.47 Å². The molecular weight excluding hydrogens is 368 g/mol. The second-order valence-corrected chi connectivity index (χ2v) is 6.83. The van der Waals surface area contributed by atoms with Crippen LogP contribution in [0, 0.1) is 13.8 Å². The normalized spacial score (nSPS) is 11.1. The molecule has 1 aromatic carbocycles. The smallest absolute Gasteiger partial charge is 0.161 e. The summed E-state index contributed by atoms with van der Waals surface area (Å²) in [6.07, 6.45) is 2.40. The van der Waals surface area contributed by atoms with Crippen molar-refractivity contribution in [2.24, 2.45) is 0 Å². The van der Waals surface area contributed by atoms with E-state index in [1.165, 1.54) is 5.56 Å². The fourth-order valence-corrected chi connectivity index (χ4v) is 3.55. The van der Waals surface area contributed by atoms with Gasteiger partial charge in [0.25, 0.3) is 0 Å². The van der Waals surface area contributed by atoms with E-state index < -0.39 is 0 Å². The van der Waals surface area contributed by atoms with Crippen LogP contribution in [-0.4, -0.2) is 46.0 Å². The third-order valence-electron chi connectivity index (χ3n) is 5.04. The monoisotopic (exact) mass is 398 g/mol. The minimum atomic E-state index is 0.0801. The van der Waals surface area contributed by atoms with Crippen LogP contribution < -0.4 is 14.8 Å². The molecular formula is C22H30N4O3. The summed E-state index contributed by atoms with van der Waals surface area (Å²) in [6.45, 7) is 10.6. The first kappa shape index (κ1) is 20.9. The number of nitrogens with zero attached hydrogens (tertiary/aromatic N) is 3. The Hall–Kier alpha value is -2.80. The lowest BCUT2D eigenvalue weighted by Crippen LogP contribution is -2.08. The predicted octanol–water partition coefficient (Wildman–Crippen LogP) is 3.49. The molecule has 2 N–H and O–H groups in total. The average Bonchev–Trinajstić information content (AvgIpc) is 2.96. The van der Waals surface area contributed by atoms with Crippen molar-refractivity contribution in [3.8, 4) is 11.5 Å². The van der Waals surface area contributed by atoms with Gasteiger partial charge in [0.05, 0.1) is 25.2 Å². The molecule has 0 atom stereocenters. The van der Waals surface area contributed by atoms with Crippen molar-refractivity contribution in [1.29, 1.82) is 0 Å². The molecule has 0 amide bonds. The van der Waals surface area contributed by atoms with Gasteiger partial charge in [-0.3, -0.25) is 0 Å². The van der Waals surface area contributed by atoms with E-state index in [-0.39, 0.29) is 6.61 Å². The zero-order valence-electron chi connectivity index (χ0n) is 17.7. The average molecular weight is 399 g/mol. The Bertz CT molecular complexity index is 968. The fraction of sp³-hybridized carbons (Fsp3) is 0.455. The molecule has 0 saturated heterocycles. The van der Waals surface area contributed by atoms with Crippen LogP contribution in [0.2, 0.25) is 0 Å². The lowest BCUT2D eigenvalue weighted by molar-refractivity contribution is 0.276. The van der Waals surface area contributed by atoms with E-state index in [0.717, 1.165) is 52.6 Å². The molecule has 0 saturated carbocycles. The number of ether oxygens (including phenoxy) is 2. The Kier molecular flexibility index (Phi) is 6.93. The number of aliphatic hydroxyl groups is 1. The molecule has 29 heavy (non-hydrogen) atoms. The van der Waals surface area contributed by atoms with Crippen LogP contribution in [0.3, 0.4) is 0 Å². The number of hydrogen-bond acceptors (Lipinski definition) is 6.